The van der Waals surface area contributed by atoms with E-state index in [1.165, 1.54) is 17.2 Å². The van der Waals surface area contributed by atoms with Crippen LogP contribution < -0.4 is 10.1 Å². The molecule has 0 aliphatic heterocycles. The van der Waals surface area contributed by atoms with Crippen LogP contribution >= 0.6 is 0 Å². The molecule has 0 radical (unpaired) electrons. The lowest BCUT2D eigenvalue weighted by Gasteiger charge is -2.15. The van der Waals surface area contributed by atoms with Gasteiger partial charge >= 0.3 is 5.97 Å². The van der Waals surface area contributed by atoms with Crippen molar-refractivity contribution < 1.29 is 14.6 Å². The van der Waals surface area contributed by atoms with Gasteiger partial charge in [0.1, 0.15) is 11.6 Å². The number of carboxylic acids is 1. The Balaban J connectivity index is 1.86. The molecule has 0 amide bonds. The molecule has 1 atom stereocenters. The molecule has 2 N–H and O–H groups in total. The lowest BCUT2D eigenvalue weighted by atomic mass is 10.1. The first kappa shape index (κ1) is 13.4. The maximum Gasteiger partial charge on any atom is 0.354 e. The molecule has 1 aliphatic rings. The largest absolute Gasteiger partial charge is 0.496 e. The highest BCUT2D eigenvalue weighted by molar-refractivity contribution is 5.85. The van der Waals surface area contributed by atoms with E-state index in [0.717, 1.165) is 18.6 Å². The number of ether oxygens (including phenoxy) is 1. The van der Waals surface area contributed by atoms with Crippen LogP contribution in [0.5, 0.6) is 5.75 Å². The summed E-state index contributed by atoms with van der Waals surface area (Å²) in [5.41, 5.74) is 2.45. The molecule has 0 saturated carbocycles. The molecule has 0 saturated heterocycles. The van der Waals surface area contributed by atoms with Crippen LogP contribution in [-0.2, 0) is 6.42 Å². The Morgan fingerprint density at radius 2 is 2.14 bits per heavy atom. The molecule has 1 unspecified atom stereocenters. The fraction of sp³-hybridized carbons (Fsp3) is 0.250. The lowest BCUT2D eigenvalue weighted by molar-refractivity contribution is 0.0690. The molecule has 1 aromatic carbocycles. The topological polar surface area (TPSA) is 71.5 Å². The zero-order chi connectivity index (χ0) is 14.8. The van der Waals surface area contributed by atoms with Crippen LogP contribution in [0.2, 0.25) is 0 Å². The van der Waals surface area contributed by atoms with E-state index in [1.807, 2.05) is 12.1 Å². The molecule has 0 fully saturated rings. The number of pyridine rings is 1. The van der Waals surface area contributed by atoms with Gasteiger partial charge in [-0.15, -0.1) is 0 Å². The van der Waals surface area contributed by atoms with Crippen LogP contribution in [0.3, 0.4) is 0 Å². The van der Waals surface area contributed by atoms with E-state index in [1.54, 1.807) is 19.2 Å². The van der Waals surface area contributed by atoms with Gasteiger partial charge in [-0.3, -0.25) is 0 Å². The Bertz CT molecular complexity index is 685. The molecule has 1 aliphatic carbocycles. The minimum atomic E-state index is -1.02. The molecule has 0 spiro atoms. The number of carboxylic acid groups (broad SMARTS) is 1. The molecule has 5 heteroatoms. The lowest BCUT2D eigenvalue weighted by Crippen LogP contribution is -2.10. The second-order valence-electron chi connectivity index (χ2n) is 4.98. The SMILES string of the molecule is COc1cccc2c1CCC2Nc1cccc(C(=O)O)n1. The van der Waals surface area contributed by atoms with Gasteiger partial charge in [0.15, 0.2) is 5.69 Å². The van der Waals surface area contributed by atoms with E-state index in [0.29, 0.717) is 5.82 Å². The molecule has 2 aromatic rings. The molecular formula is C16H16N2O3. The van der Waals surface area contributed by atoms with E-state index >= 15 is 0 Å². The maximum atomic E-state index is 11.0. The Hall–Kier alpha value is -2.56. The quantitative estimate of drug-likeness (QED) is 0.903. The Labute approximate surface area is 122 Å². The van der Waals surface area contributed by atoms with Crippen molar-refractivity contribution in [3.63, 3.8) is 0 Å². The standard InChI is InChI=1S/C16H16N2O3/c1-21-14-6-2-4-10-11(14)8-9-12(10)17-15-7-3-5-13(18-15)16(19)20/h2-7,12H,8-9H2,1H3,(H,17,18)(H,19,20). The molecule has 1 heterocycles. The number of carbonyl (C=O) groups is 1. The van der Waals surface area contributed by atoms with Crippen molar-refractivity contribution in [1.82, 2.24) is 4.98 Å². The third-order valence-corrected chi connectivity index (χ3v) is 3.74. The van der Waals surface area contributed by atoms with Gasteiger partial charge < -0.3 is 15.2 Å². The Kier molecular flexibility index (Phi) is 3.48. The zero-order valence-corrected chi connectivity index (χ0v) is 11.7. The number of benzene rings is 1. The van der Waals surface area contributed by atoms with Crippen LogP contribution in [0.1, 0.15) is 34.1 Å². The van der Waals surface area contributed by atoms with E-state index in [4.69, 9.17) is 9.84 Å². The summed E-state index contributed by atoms with van der Waals surface area (Å²) in [7, 11) is 1.67. The van der Waals surface area contributed by atoms with Gasteiger partial charge in [-0.25, -0.2) is 9.78 Å². The number of aromatic nitrogens is 1. The summed E-state index contributed by atoms with van der Waals surface area (Å²) >= 11 is 0. The predicted molar refractivity (Wildman–Crippen MR) is 78.9 cm³/mol. The normalized spacial score (nSPS) is 16.3. The van der Waals surface area contributed by atoms with Crippen molar-refractivity contribution in [2.75, 3.05) is 12.4 Å². The van der Waals surface area contributed by atoms with Gasteiger partial charge in [-0.05, 0) is 42.2 Å². The summed E-state index contributed by atoms with van der Waals surface area (Å²) in [6.45, 7) is 0. The number of fused-ring (bicyclic) bond motifs is 1. The number of rotatable bonds is 4. The number of aromatic carboxylic acids is 1. The number of nitrogens with one attached hydrogen (secondary N) is 1. The number of methoxy groups -OCH3 is 1. The first-order valence-electron chi connectivity index (χ1n) is 6.81. The number of nitrogens with zero attached hydrogens (tertiary/aromatic N) is 1. The molecule has 0 bridgehead atoms. The monoisotopic (exact) mass is 284 g/mol. The van der Waals surface area contributed by atoms with E-state index in [9.17, 15) is 4.79 Å². The molecular weight excluding hydrogens is 268 g/mol. The summed E-state index contributed by atoms with van der Waals surface area (Å²) in [6.07, 6.45) is 1.88. The summed E-state index contributed by atoms with van der Waals surface area (Å²) in [5, 5.41) is 12.3. The highest BCUT2D eigenvalue weighted by Gasteiger charge is 2.25. The van der Waals surface area contributed by atoms with Gasteiger partial charge in [0.25, 0.3) is 0 Å². The minimum absolute atomic E-state index is 0.0452. The van der Waals surface area contributed by atoms with E-state index in [-0.39, 0.29) is 11.7 Å². The van der Waals surface area contributed by atoms with Gasteiger partial charge in [0, 0.05) is 0 Å². The van der Waals surface area contributed by atoms with Gasteiger partial charge in [-0.1, -0.05) is 18.2 Å². The van der Waals surface area contributed by atoms with E-state index < -0.39 is 5.97 Å². The average molecular weight is 284 g/mol. The van der Waals surface area contributed by atoms with Crippen molar-refractivity contribution in [3.05, 3.63) is 53.2 Å². The van der Waals surface area contributed by atoms with Crippen molar-refractivity contribution in [2.45, 2.75) is 18.9 Å². The third kappa shape index (κ3) is 2.54. The van der Waals surface area contributed by atoms with Crippen molar-refractivity contribution in [2.24, 2.45) is 0 Å². The number of hydrogen-bond donors (Lipinski definition) is 2. The summed E-state index contributed by atoms with van der Waals surface area (Å²) in [5.74, 6) is 0.465. The second kappa shape index (κ2) is 5.44. The molecule has 108 valence electrons. The predicted octanol–water partition coefficient (Wildman–Crippen LogP) is 2.89. The van der Waals surface area contributed by atoms with Crippen LogP contribution in [0, 0.1) is 0 Å². The fourth-order valence-corrected chi connectivity index (χ4v) is 2.77. The third-order valence-electron chi connectivity index (χ3n) is 3.74. The Morgan fingerprint density at radius 1 is 1.33 bits per heavy atom. The Morgan fingerprint density at radius 3 is 2.90 bits per heavy atom. The van der Waals surface area contributed by atoms with Gasteiger partial charge in [0.2, 0.25) is 0 Å². The second-order valence-corrected chi connectivity index (χ2v) is 4.98. The van der Waals surface area contributed by atoms with E-state index in [2.05, 4.69) is 16.4 Å². The van der Waals surface area contributed by atoms with Crippen LogP contribution in [-0.4, -0.2) is 23.2 Å². The van der Waals surface area contributed by atoms with Crippen molar-refractivity contribution >= 4 is 11.8 Å². The first-order valence-corrected chi connectivity index (χ1v) is 6.81. The summed E-state index contributed by atoms with van der Waals surface area (Å²) < 4.78 is 5.39. The number of anilines is 1. The van der Waals surface area contributed by atoms with Crippen molar-refractivity contribution in [3.8, 4) is 5.75 Å². The smallest absolute Gasteiger partial charge is 0.354 e. The first-order chi connectivity index (χ1) is 10.2. The average Bonchev–Trinajstić information content (AvgIpc) is 2.90. The molecule has 3 rings (SSSR count). The molecule has 5 nitrogen and oxygen atoms in total. The zero-order valence-electron chi connectivity index (χ0n) is 11.7. The van der Waals surface area contributed by atoms with Gasteiger partial charge in [0.05, 0.1) is 13.2 Å². The highest BCUT2D eigenvalue weighted by Crippen LogP contribution is 2.38. The summed E-state index contributed by atoms with van der Waals surface area (Å²) in [4.78, 5) is 15.1. The summed E-state index contributed by atoms with van der Waals surface area (Å²) in [6, 6.07) is 11.1. The highest BCUT2D eigenvalue weighted by atomic mass is 16.5. The van der Waals surface area contributed by atoms with Crippen LogP contribution in [0.15, 0.2) is 36.4 Å². The molecule has 21 heavy (non-hydrogen) atoms. The van der Waals surface area contributed by atoms with Crippen molar-refractivity contribution in [1.29, 1.82) is 0 Å². The van der Waals surface area contributed by atoms with Gasteiger partial charge in [-0.2, -0.15) is 0 Å². The maximum absolute atomic E-state index is 11.0. The van der Waals surface area contributed by atoms with Crippen LogP contribution in [0.4, 0.5) is 5.82 Å². The number of hydrogen-bond acceptors (Lipinski definition) is 4. The minimum Gasteiger partial charge on any atom is -0.496 e. The van der Waals surface area contributed by atoms with Crippen LogP contribution in [0.25, 0.3) is 0 Å². The fourth-order valence-electron chi connectivity index (χ4n) is 2.77. The molecule has 1 aromatic heterocycles.